The van der Waals surface area contributed by atoms with Crippen molar-refractivity contribution in [2.24, 2.45) is 0 Å². The fourth-order valence-corrected chi connectivity index (χ4v) is 5.41. The predicted molar refractivity (Wildman–Crippen MR) is 165 cm³/mol. The topological polar surface area (TPSA) is 99.5 Å². The van der Waals surface area contributed by atoms with Crippen molar-refractivity contribution < 1.29 is 37.3 Å². The van der Waals surface area contributed by atoms with Crippen molar-refractivity contribution in [2.45, 2.75) is 52.4 Å². The molecule has 1 atom stereocenters. The van der Waals surface area contributed by atoms with Crippen molar-refractivity contribution in [1.82, 2.24) is 5.32 Å². The second-order valence-corrected chi connectivity index (χ2v) is 11.6. The third-order valence-electron chi connectivity index (χ3n) is 7.29. The minimum atomic E-state index is -0.676. The second kappa shape index (κ2) is 12.5. The molecule has 9 nitrogen and oxygen atoms in total. The Balaban J connectivity index is 1.54. The van der Waals surface area contributed by atoms with Crippen LogP contribution >= 0.6 is 0 Å². The molecule has 0 bridgehead atoms. The molecule has 0 saturated carbocycles. The summed E-state index contributed by atoms with van der Waals surface area (Å²) in [5.74, 6) is 0.286. The van der Waals surface area contributed by atoms with Crippen molar-refractivity contribution in [3.05, 3.63) is 77.3 Å². The number of nitrogens with zero attached hydrogens (tertiary/aromatic N) is 1. The number of rotatable bonds is 8. The van der Waals surface area contributed by atoms with Crippen LogP contribution in [-0.4, -0.2) is 45.0 Å². The van der Waals surface area contributed by atoms with Crippen LogP contribution in [0, 0.1) is 5.82 Å². The average Bonchev–Trinajstić information content (AvgIpc) is 3.45. The van der Waals surface area contributed by atoms with Crippen LogP contribution in [0.25, 0.3) is 22.1 Å². The Morgan fingerprint density at radius 1 is 1.09 bits per heavy atom. The molecule has 1 aliphatic rings. The number of carbonyl (C=O) groups excluding carboxylic acids is 2. The van der Waals surface area contributed by atoms with Gasteiger partial charge in [0.05, 0.1) is 44.0 Å². The molecule has 232 valence electrons. The maximum Gasteiger partial charge on any atom is 0.407 e. The zero-order chi connectivity index (χ0) is 31.6. The molecule has 0 aliphatic carbocycles. The number of esters is 1. The maximum atomic E-state index is 16.1. The first-order chi connectivity index (χ1) is 21.0. The molecule has 1 unspecified atom stereocenters. The Labute approximate surface area is 255 Å². The number of furan rings is 1. The number of methoxy groups -OCH3 is 1. The molecule has 4 aromatic rings. The van der Waals surface area contributed by atoms with E-state index < -0.39 is 23.6 Å². The van der Waals surface area contributed by atoms with Gasteiger partial charge in [-0.05, 0) is 45.9 Å². The summed E-state index contributed by atoms with van der Waals surface area (Å²) < 4.78 is 44.9. The maximum absolute atomic E-state index is 16.1. The van der Waals surface area contributed by atoms with Gasteiger partial charge in [-0.3, -0.25) is 4.79 Å². The molecule has 1 amide bonds. The van der Waals surface area contributed by atoms with Crippen molar-refractivity contribution in [1.29, 1.82) is 0 Å². The number of anilines is 1. The Bertz CT molecular complexity index is 1690. The smallest absolute Gasteiger partial charge is 0.407 e. The molecular formula is C34H37FN2O7. The van der Waals surface area contributed by atoms with Gasteiger partial charge in [-0.15, -0.1) is 0 Å². The average molecular weight is 605 g/mol. The molecule has 1 aliphatic heterocycles. The first kappa shape index (κ1) is 30.7. The molecular weight excluding hydrogens is 567 g/mol. The van der Waals surface area contributed by atoms with Gasteiger partial charge in [-0.2, -0.15) is 0 Å². The molecule has 0 radical (unpaired) electrons. The number of alkyl carbamates (subject to hydrolysis) is 1. The number of hydrogen-bond donors (Lipinski definition) is 1. The zero-order valence-corrected chi connectivity index (χ0v) is 25.8. The number of halogens is 1. The normalized spacial score (nSPS) is 14.5. The summed E-state index contributed by atoms with van der Waals surface area (Å²) in [6, 6.07) is 14.3. The first-order valence-electron chi connectivity index (χ1n) is 14.5. The highest BCUT2D eigenvalue weighted by molar-refractivity contribution is 5.98. The van der Waals surface area contributed by atoms with Crippen molar-refractivity contribution in [3.63, 3.8) is 0 Å². The molecule has 0 saturated heterocycles. The number of ether oxygens (including phenoxy) is 4. The highest BCUT2D eigenvalue weighted by Gasteiger charge is 2.32. The summed E-state index contributed by atoms with van der Waals surface area (Å²) in [6.45, 7) is 7.75. The van der Waals surface area contributed by atoms with E-state index in [1.807, 2.05) is 31.3 Å². The molecule has 10 heteroatoms. The fraction of sp³-hybridized carbons (Fsp3) is 0.353. The van der Waals surface area contributed by atoms with E-state index in [1.54, 1.807) is 59.1 Å². The summed E-state index contributed by atoms with van der Waals surface area (Å²) in [5, 5.41) is 3.29. The van der Waals surface area contributed by atoms with Crippen LogP contribution in [0.4, 0.5) is 14.9 Å². The Morgan fingerprint density at radius 2 is 1.84 bits per heavy atom. The van der Waals surface area contributed by atoms with E-state index in [4.69, 9.17) is 23.4 Å². The van der Waals surface area contributed by atoms with Gasteiger partial charge in [0.2, 0.25) is 0 Å². The SMILES string of the molecule is CCOC(=O)Cc1cccc2c1OC(c1cc(-c3cccc(CNC(=O)OC(C)(C)C)c3F)c3occc3c1OC)CN2C. The molecule has 1 N–H and O–H groups in total. The van der Waals surface area contributed by atoms with Gasteiger partial charge in [0.25, 0.3) is 0 Å². The highest BCUT2D eigenvalue weighted by Crippen LogP contribution is 2.46. The predicted octanol–water partition coefficient (Wildman–Crippen LogP) is 6.95. The van der Waals surface area contributed by atoms with Gasteiger partial charge in [0, 0.05) is 41.4 Å². The number of para-hydroxylation sites is 1. The fourth-order valence-electron chi connectivity index (χ4n) is 5.41. The summed E-state index contributed by atoms with van der Waals surface area (Å²) in [7, 11) is 3.52. The summed E-state index contributed by atoms with van der Waals surface area (Å²) >= 11 is 0. The van der Waals surface area contributed by atoms with E-state index in [2.05, 4.69) is 10.2 Å². The second-order valence-electron chi connectivity index (χ2n) is 11.6. The summed E-state index contributed by atoms with van der Waals surface area (Å²) in [4.78, 5) is 26.7. The summed E-state index contributed by atoms with van der Waals surface area (Å²) in [5.41, 5.74) is 3.12. The number of fused-ring (bicyclic) bond motifs is 2. The van der Waals surface area contributed by atoms with Gasteiger partial charge in [0.15, 0.2) is 0 Å². The minimum Gasteiger partial charge on any atom is -0.496 e. The lowest BCUT2D eigenvalue weighted by Gasteiger charge is -2.36. The molecule has 44 heavy (non-hydrogen) atoms. The number of amides is 1. The summed E-state index contributed by atoms with van der Waals surface area (Å²) in [6.07, 6.45) is 0.440. The third-order valence-corrected chi connectivity index (χ3v) is 7.29. The van der Waals surface area contributed by atoms with E-state index in [1.165, 1.54) is 6.26 Å². The van der Waals surface area contributed by atoms with Gasteiger partial charge in [0.1, 0.15) is 34.6 Å². The molecule has 3 aromatic carbocycles. The lowest BCUT2D eigenvalue weighted by Crippen LogP contribution is -2.33. The van der Waals surface area contributed by atoms with Gasteiger partial charge < -0.3 is 33.6 Å². The lowest BCUT2D eigenvalue weighted by atomic mass is 9.94. The van der Waals surface area contributed by atoms with Gasteiger partial charge >= 0.3 is 12.1 Å². The van der Waals surface area contributed by atoms with Crippen LogP contribution in [0.2, 0.25) is 0 Å². The number of benzene rings is 3. The zero-order valence-electron chi connectivity index (χ0n) is 25.8. The number of hydrogen-bond acceptors (Lipinski definition) is 8. The van der Waals surface area contributed by atoms with Crippen LogP contribution in [0.15, 0.2) is 59.2 Å². The minimum absolute atomic E-state index is 0.0601. The Morgan fingerprint density at radius 3 is 2.57 bits per heavy atom. The Hall–Kier alpha value is -4.73. The number of likely N-dealkylation sites (N-methyl/N-ethyl adjacent to an activating group) is 1. The first-order valence-corrected chi connectivity index (χ1v) is 14.5. The molecule has 0 fully saturated rings. The molecule has 1 aromatic heterocycles. The van der Waals surface area contributed by atoms with Gasteiger partial charge in [-0.1, -0.05) is 30.3 Å². The monoisotopic (exact) mass is 604 g/mol. The largest absolute Gasteiger partial charge is 0.496 e. The van der Waals surface area contributed by atoms with E-state index in [0.717, 1.165) is 5.69 Å². The van der Waals surface area contributed by atoms with Crippen molar-refractivity contribution in [2.75, 3.05) is 32.2 Å². The van der Waals surface area contributed by atoms with Crippen LogP contribution in [0.1, 0.15) is 50.5 Å². The number of nitrogens with one attached hydrogen (secondary N) is 1. The number of carbonyl (C=O) groups is 2. The van der Waals surface area contributed by atoms with Crippen LogP contribution < -0.4 is 19.7 Å². The van der Waals surface area contributed by atoms with E-state index in [-0.39, 0.29) is 31.1 Å². The quantitative estimate of drug-likeness (QED) is 0.216. The van der Waals surface area contributed by atoms with E-state index in [9.17, 15) is 9.59 Å². The van der Waals surface area contributed by atoms with Crippen LogP contribution in [0.5, 0.6) is 11.5 Å². The van der Waals surface area contributed by atoms with Crippen LogP contribution in [-0.2, 0) is 27.2 Å². The van der Waals surface area contributed by atoms with Crippen molar-refractivity contribution in [3.8, 4) is 22.6 Å². The van der Waals surface area contributed by atoms with Crippen LogP contribution in [0.3, 0.4) is 0 Å². The molecule has 2 heterocycles. The van der Waals surface area contributed by atoms with Crippen molar-refractivity contribution >= 4 is 28.7 Å². The third kappa shape index (κ3) is 6.29. The highest BCUT2D eigenvalue weighted by atomic mass is 19.1. The van der Waals surface area contributed by atoms with Gasteiger partial charge in [-0.25, -0.2) is 9.18 Å². The van der Waals surface area contributed by atoms with E-state index in [0.29, 0.717) is 51.3 Å². The Kier molecular flexibility index (Phi) is 8.71. The molecule has 5 rings (SSSR count). The standard InChI is InChI=1S/C34H37FN2O7/c1-7-41-28(38)16-20-10-9-13-26-30(20)43-27(19-37(26)5)25-17-24(32-23(14-15-42-32)31(25)40-6)22-12-8-11-21(29(22)35)18-36-33(39)44-34(2,3)4/h8-15,17,27H,7,16,18-19H2,1-6H3,(H,36,39). The van der Waals surface area contributed by atoms with E-state index >= 15 is 4.39 Å². The molecule has 0 spiro atoms. The lowest BCUT2D eigenvalue weighted by molar-refractivity contribution is -0.142.